The van der Waals surface area contributed by atoms with Crippen LogP contribution in [0.25, 0.3) is 5.65 Å². The van der Waals surface area contributed by atoms with Gasteiger partial charge < -0.3 is 10.1 Å². The van der Waals surface area contributed by atoms with E-state index in [0.29, 0.717) is 0 Å². The molecule has 0 aromatic carbocycles. The van der Waals surface area contributed by atoms with Gasteiger partial charge in [0, 0.05) is 26.1 Å². The summed E-state index contributed by atoms with van der Waals surface area (Å²) in [7, 11) is 0. The van der Waals surface area contributed by atoms with E-state index in [-0.39, 0.29) is 0 Å². The van der Waals surface area contributed by atoms with E-state index in [9.17, 15) is 0 Å². The summed E-state index contributed by atoms with van der Waals surface area (Å²) < 4.78 is 7.16. The van der Waals surface area contributed by atoms with Crippen LogP contribution in [0.1, 0.15) is 19.2 Å². The normalized spacial score (nSPS) is 16.4. The van der Waals surface area contributed by atoms with Gasteiger partial charge in [-0.25, -0.2) is 0 Å². The van der Waals surface area contributed by atoms with E-state index >= 15 is 0 Å². The van der Waals surface area contributed by atoms with Gasteiger partial charge in [-0.2, -0.15) is 4.52 Å². The van der Waals surface area contributed by atoms with E-state index in [4.69, 9.17) is 4.74 Å². The highest BCUT2D eigenvalue weighted by atomic mass is 16.5. The molecule has 0 bridgehead atoms. The molecule has 0 amide bonds. The van der Waals surface area contributed by atoms with Crippen LogP contribution in [0, 0.1) is 0 Å². The molecule has 0 saturated carbocycles. The highest BCUT2D eigenvalue weighted by Crippen LogP contribution is 2.07. The molecule has 1 saturated heterocycles. The van der Waals surface area contributed by atoms with E-state index in [1.54, 1.807) is 0 Å². The Hall–Kier alpha value is -1.73. The van der Waals surface area contributed by atoms with Crippen LogP contribution >= 0.6 is 0 Å². The van der Waals surface area contributed by atoms with Crippen LogP contribution in [0.3, 0.4) is 0 Å². The van der Waals surface area contributed by atoms with E-state index in [1.807, 2.05) is 16.6 Å². The summed E-state index contributed by atoms with van der Waals surface area (Å²) in [5.74, 6) is 1.76. The van der Waals surface area contributed by atoms with Gasteiger partial charge in [0.15, 0.2) is 11.5 Å². The van der Waals surface area contributed by atoms with Crippen molar-refractivity contribution in [3.63, 3.8) is 0 Å². The highest BCUT2D eigenvalue weighted by molar-refractivity contribution is 5.43. The molecule has 21 heavy (non-hydrogen) atoms. The zero-order valence-corrected chi connectivity index (χ0v) is 12.5. The van der Waals surface area contributed by atoms with Gasteiger partial charge in [0.25, 0.3) is 0 Å². The summed E-state index contributed by atoms with van der Waals surface area (Å²) in [5.41, 5.74) is 0.797. The third-order valence-corrected chi connectivity index (χ3v) is 3.70. The first kappa shape index (κ1) is 14.2. The molecule has 3 rings (SSSR count). The van der Waals surface area contributed by atoms with Crippen LogP contribution < -0.4 is 5.32 Å². The first-order valence-corrected chi connectivity index (χ1v) is 7.62. The number of morpholine rings is 1. The summed E-state index contributed by atoms with van der Waals surface area (Å²) in [4.78, 5) is 2.44. The van der Waals surface area contributed by atoms with Crippen molar-refractivity contribution < 1.29 is 4.74 Å². The fourth-order valence-electron chi connectivity index (χ4n) is 2.49. The van der Waals surface area contributed by atoms with Crippen molar-refractivity contribution in [1.82, 2.24) is 24.7 Å². The second-order valence-corrected chi connectivity index (χ2v) is 5.19. The largest absolute Gasteiger partial charge is 0.379 e. The minimum atomic E-state index is 0.797. The first-order chi connectivity index (χ1) is 10.4. The zero-order valence-electron chi connectivity index (χ0n) is 12.5. The number of hydrogen-bond donors (Lipinski definition) is 1. The van der Waals surface area contributed by atoms with Gasteiger partial charge in [-0.05, 0) is 25.1 Å². The molecule has 1 aliphatic heterocycles. The molecule has 7 heteroatoms. The van der Waals surface area contributed by atoms with Crippen molar-refractivity contribution in [3.8, 4) is 0 Å². The molecule has 2 aromatic rings. The smallest absolute Gasteiger partial charge is 0.178 e. The van der Waals surface area contributed by atoms with Crippen LogP contribution in [0.4, 0.5) is 5.82 Å². The van der Waals surface area contributed by atoms with Crippen molar-refractivity contribution in [1.29, 1.82) is 0 Å². The van der Waals surface area contributed by atoms with E-state index in [2.05, 4.69) is 32.4 Å². The molecular formula is C14H22N6O. The van der Waals surface area contributed by atoms with E-state index in [1.165, 1.54) is 0 Å². The van der Waals surface area contributed by atoms with Crippen LogP contribution in [0.5, 0.6) is 0 Å². The Morgan fingerprint density at radius 1 is 1.24 bits per heavy atom. The van der Waals surface area contributed by atoms with Gasteiger partial charge in [-0.3, -0.25) is 4.90 Å². The molecule has 2 aromatic heterocycles. The number of anilines is 1. The number of nitrogens with one attached hydrogen (secondary N) is 1. The topological polar surface area (TPSA) is 67.6 Å². The summed E-state index contributed by atoms with van der Waals surface area (Å²) in [6, 6.07) is 3.90. The third kappa shape index (κ3) is 3.48. The number of nitrogens with zero attached hydrogens (tertiary/aromatic N) is 5. The molecule has 0 spiro atoms. The molecule has 1 aliphatic rings. The van der Waals surface area contributed by atoms with Gasteiger partial charge >= 0.3 is 0 Å². The molecule has 1 N–H and O–H groups in total. The van der Waals surface area contributed by atoms with Gasteiger partial charge in [-0.15, -0.1) is 15.3 Å². The second kappa shape index (κ2) is 6.82. The van der Waals surface area contributed by atoms with E-state index in [0.717, 1.165) is 69.5 Å². The lowest BCUT2D eigenvalue weighted by atomic mass is 10.3. The van der Waals surface area contributed by atoms with Crippen LogP contribution in [-0.4, -0.2) is 64.1 Å². The Balaban J connectivity index is 1.50. The molecule has 1 fully saturated rings. The maximum atomic E-state index is 5.35. The van der Waals surface area contributed by atoms with Crippen molar-refractivity contribution in [2.45, 2.75) is 19.8 Å². The van der Waals surface area contributed by atoms with Gasteiger partial charge in [0.1, 0.15) is 5.82 Å². The van der Waals surface area contributed by atoms with Crippen molar-refractivity contribution >= 4 is 11.5 Å². The minimum absolute atomic E-state index is 0.797. The average Bonchev–Trinajstić information content (AvgIpc) is 2.95. The lowest BCUT2D eigenvalue weighted by molar-refractivity contribution is 0.0378. The lowest BCUT2D eigenvalue weighted by Gasteiger charge is -2.26. The number of ether oxygens (including phenoxy) is 1. The third-order valence-electron chi connectivity index (χ3n) is 3.70. The summed E-state index contributed by atoms with van der Waals surface area (Å²) in [6.45, 7) is 7.89. The Labute approximate surface area is 124 Å². The van der Waals surface area contributed by atoms with Gasteiger partial charge in [0.05, 0.1) is 13.2 Å². The molecule has 7 nitrogen and oxygen atoms in total. The number of hydrogen-bond acceptors (Lipinski definition) is 6. The maximum Gasteiger partial charge on any atom is 0.178 e. The van der Waals surface area contributed by atoms with Crippen molar-refractivity contribution in [3.05, 3.63) is 18.0 Å². The summed E-state index contributed by atoms with van der Waals surface area (Å²) in [5, 5.41) is 16.1. The Morgan fingerprint density at radius 2 is 2.10 bits per heavy atom. The molecule has 3 heterocycles. The molecule has 0 atom stereocenters. The SMILES string of the molecule is CCc1nnc2ccc(NCCCN3CCOCC3)nn12. The number of rotatable bonds is 6. The quantitative estimate of drug-likeness (QED) is 0.795. The predicted octanol–water partition coefficient (Wildman–Crippen LogP) is 0.821. The monoisotopic (exact) mass is 290 g/mol. The molecule has 0 aliphatic carbocycles. The van der Waals surface area contributed by atoms with Crippen LogP contribution in [0.15, 0.2) is 12.1 Å². The van der Waals surface area contributed by atoms with Crippen molar-refractivity contribution in [2.75, 3.05) is 44.7 Å². The molecule has 0 unspecified atom stereocenters. The predicted molar refractivity (Wildman–Crippen MR) is 80.5 cm³/mol. The summed E-state index contributed by atoms with van der Waals surface area (Å²) in [6.07, 6.45) is 1.93. The standard InChI is InChI=1S/C14H22N6O/c1-2-13-16-17-14-5-4-12(18-20(13)14)15-6-3-7-19-8-10-21-11-9-19/h4-5H,2-3,6-11H2,1H3,(H,15,18). The Bertz CT molecular complexity index is 578. The Kier molecular flexibility index (Phi) is 4.62. The van der Waals surface area contributed by atoms with Gasteiger partial charge in [0.2, 0.25) is 0 Å². The van der Waals surface area contributed by atoms with Gasteiger partial charge in [-0.1, -0.05) is 6.92 Å². The van der Waals surface area contributed by atoms with Crippen LogP contribution in [0.2, 0.25) is 0 Å². The molecule has 0 radical (unpaired) electrons. The average molecular weight is 290 g/mol. The fourth-order valence-corrected chi connectivity index (χ4v) is 2.49. The minimum Gasteiger partial charge on any atom is -0.379 e. The summed E-state index contributed by atoms with van der Waals surface area (Å²) >= 11 is 0. The Morgan fingerprint density at radius 3 is 2.90 bits per heavy atom. The number of aromatic nitrogens is 4. The second-order valence-electron chi connectivity index (χ2n) is 5.19. The molecular weight excluding hydrogens is 268 g/mol. The first-order valence-electron chi connectivity index (χ1n) is 7.62. The lowest BCUT2D eigenvalue weighted by Crippen LogP contribution is -2.37. The van der Waals surface area contributed by atoms with Crippen molar-refractivity contribution in [2.24, 2.45) is 0 Å². The molecule has 114 valence electrons. The number of fused-ring (bicyclic) bond motifs is 1. The highest BCUT2D eigenvalue weighted by Gasteiger charge is 2.09. The van der Waals surface area contributed by atoms with E-state index < -0.39 is 0 Å². The fraction of sp³-hybridized carbons (Fsp3) is 0.643. The van der Waals surface area contributed by atoms with Crippen LogP contribution in [-0.2, 0) is 11.2 Å². The zero-order chi connectivity index (χ0) is 14.5. The number of aryl methyl sites for hydroxylation is 1. The maximum absolute atomic E-state index is 5.35.